The van der Waals surface area contributed by atoms with Crippen molar-refractivity contribution < 1.29 is 14.3 Å². The van der Waals surface area contributed by atoms with Crippen molar-refractivity contribution >= 4 is 11.9 Å². The molecule has 1 aromatic rings. The summed E-state index contributed by atoms with van der Waals surface area (Å²) in [5.41, 5.74) is 3.01. The minimum Gasteiger partial charge on any atom is -0.451 e. The van der Waals surface area contributed by atoms with Gasteiger partial charge in [-0.15, -0.1) is 0 Å². The zero-order chi connectivity index (χ0) is 17.4. The normalized spacial score (nSPS) is 22.6. The summed E-state index contributed by atoms with van der Waals surface area (Å²) < 4.78 is 5.82. The molecule has 1 fully saturated rings. The van der Waals surface area contributed by atoms with Crippen LogP contribution in [0.1, 0.15) is 56.6 Å². The second kappa shape index (κ2) is 6.32. The summed E-state index contributed by atoms with van der Waals surface area (Å²) in [6.07, 6.45) is 6.76. The fourth-order valence-electron chi connectivity index (χ4n) is 4.58. The summed E-state index contributed by atoms with van der Waals surface area (Å²) >= 11 is 0. The number of carbonyl (C=O) groups is 2. The number of ether oxygens (including phenoxy) is 1. The Morgan fingerprint density at radius 2 is 1.76 bits per heavy atom. The van der Waals surface area contributed by atoms with Crippen LogP contribution in [0.25, 0.3) is 0 Å². The molecule has 1 saturated carbocycles. The molecule has 0 radical (unpaired) electrons. The third-order valence-electron chi connectivity index (χ3n) is 5.97. The number of benzene rings is 1. The molecule has 0 saturated heterocycles. The molecule has 0 aromatic heterocycles. The van der Waals surface area contributed by atoms with Crippen molar-refractivity contribution in [2.75, 3.05) is 6.54 Å². The van der Waals surface area contributed by atoms with Gasteiger partial charge in [0.25, 0.3) is 5.91 Å². The number of esters is 1. The van der Waals surface area contributed by atoms with Crippen molar-refractivity contribution in [1.29, 1.82) is 0 Å². The van der Waals surface area contributed by atoms with Crippen LogP contribution < -0.4 is 0 Å². The average molecular weight is 339 g/mol. The van der Waals surface area contributed by atoms with Crippen molar-refractivity contribution in [2.24, 2.45) is 0 Å². The lowest BCUT2D eigenvalue weighted by atomic mass is 9.84. The Hall–Kier alpha value is -2.10. The van der Waals surface area contributed by atoms with Gasteiger partial charge < -0.3 is 9.64 Å². The average Bonchev–Trinajstić information content (AvgIpc) is 2.78. The predicted molar refractivity (Wildman–Crippen MR) is 94.8 cm³/mol. The second-order valence-electron chi connectivity index (χ2n) is 7.54. The number of hydrogen-bond donors (Lipinski definition) is 0. The molecule has 0 N–H and O–H groups in total. The van der Waals surface area contributed by atoms with Crippen LogP contribution in [0.2, 0.25) is 0 Å². The van der Waals surface area contributed by atoms with E-state index < -0.39 is 5.60 Å². The van der Waals surface area contributed by atoms with Gasteiger partial charge in [0.15, 0.2) is 0 Å². The lowest BCUT2D eigenvalue weighted by Gasteiger charge is -2.34. The van der Waals surface area contributed by atoms with Crippen LogP contribution in [-0.4, -0.2) is 28.9 Å². The van der Waals surface area contributed by atoms with E-state index in [1.54, 1.807) is 6.92 Å². The van der Waals surface area contributed by atoms with Crippen LogP contribution in [0.15, 0.2) is 35.4 Å². The molecule has 1 spiro atoms. The Labute approximate surface area is 148 Å². The highest BCUT2D eigenvalue weighted by molar-refractivity contribution is 6.07. The second-order valence-corrected chi connectivity index (χ2v) is 7.54. The van der Waals surface area contributed by atoms with E-state index in [1.165, 1.54) is 11.1 Å². The van der Waals surface area contributed by atoms with Gasteiger partial charge in [0.1, 0.15) is 5.60 Å². The van der Waals surface area contributed by atoms with E-state index in [2.05, 4.69) is 12.1 Å². The van der Waals surface area contributed by atoms with E-state index in [9.17, 15) is 9.59 Å². The van der Waals surface area contributed by atoms with Crippen molar-refractivity contribution in [3.8, 4) is 0 Å². The largest absolute Gasteiger partial charge is 0.451 e. The highest BCUT2D eigenvalue weighted by Crippen LogP contribution is 2.44. The lowest BCUT2D eigenvalue weighted by molar-refractivity contribution is -0.148. The number of carbonyl (C=O) groups excluding carboxylic acids is 2. The fraction of sp³-hybridized carbons (Fsp3) is 0.524. The molecule has 0 atom stereocenters. The van der Waals surface area contributed by atoms with Gasteiger partial charge in [-0.3, -0.25) is 4.79 Å². The first kappa shape index (κ1) is 16.4. The quantitative estimate of drug-likeness (QED) is 0.735. The summed E-state index contributed by atoms with van der Waals surface area (Å²) in [5.74, 6) is -0.303. The molecule has 0 unspecified atom stereocenters. The maximum atomic E-state index is 13.4. The molecule has 25 heavy (non-hydrogen) atoms. The first-order valence-corrected chi connectivity index (χ1v) is 9.41. The lowest BCUT2D eigenvalue weighted by Crippen LogP contribution is -2.43. The maximum absolute atomic E-state index is 13.4. The van der Waals surface area contributed by atoms with E-state index >= 15 is 0 Å². The molecular weight excluding hydrogens is 314 g/mol. The van der Waals surface area contributed by atoms with Gasteiger partial charge in [-0.05, 0) is 50.2 Å². The van der Waals surface area contributed by atoms with Crippen molar-refractivity contribution in [3.05, 3.63) is 46.5 Å². The van der Waals surface area contributed by atoms with E-state index in [1.807, 2.05) is 17.0 Å². The monoisotopic (exact) mass is 339 g/mol. The molecule has 0 bridgehead atoms. The van der Waals surface area contributed by atoms with Gasteiger partial charge in [-0.1, -0.05) is 37.1 Å². The molecule has 4 rings (SSSR count). The molecule has 1 aromatic carbocycles. The van der Waals surface area contributed by atoms with E-state index in [-0.39, 0.29) is 11.9 Å². The van der Waals surface area contributed by atoms with Gasteiger partial charge in [-0.25, -0.2) is 4.79 Å². The molecule has 4 nitrogen and oxygen atoms in total. The van der Waals surface area contributed by atoms with Gasteiger partial charge in [0.2, 0.25) is 0 Å². The first-order valence-electron chi connectivity index (χ1n) is 9.41. The van der Waals surface area contributed by atoms with Gasteiger partial charge in [0, 0.05) is 18.7 Å². The Bertz CT molecular complexity index is 741. The fourth-order valence-corrected chi connectivity index (χ4v) is 4.58. The van der Waals surface area contributed by atoms with Crippen LogP contribution in [0, 0.1) is 0 Å². The summed E-state index contributed by atoms with van der Waals surface area (Å²) in [7, 11) is 0. The highest BCUT2D eigenvalue weighted by atomic mass is 16.6. The molecule has 2 aliphatic heterocycles. The predicted octanol–water partition coefficient (Wildman–Crippen LogP) is 3.54. The first-order chi connectivity index (χ1) is 12.1. The standard InChI is InChI=1S/C21H25NO3/c1-15-18(21(25-20(15)24)11-6-2-3-7-12-21)19(23)22-13-10-16-8-4-5-9-17(16)14-22/h4-5,8-9H,2-3,6-7,10-14H2,1H3. The molecule has 2 heterocycles. The molecule has 1 amide bonds. The molecule has 3 aliphatic rings. The summed E-state index contributed by atoms with van der Waals surface area (Å²) in [5, 5.41) is 0. The zero-order valence-electron chi connectivity index (χ0n) is 14.8. The molecule has 132 valence electrons. The number of rotatable bonds is 1. The van der Waals surface area contributed by atoms with Crippen LogP contribution >= 0.6 is 0 Å². The topological polar surface area (TPSA) is 46.6 Å². The van der Waals surface area contributed by atoms with E-state index in [0.717, 1.165) is 44.9 Å². The van der Waals surface area contributed by atoms with Gasteiger partial charge >= 0.3 is 5.97 Å². The molecular formula is C21H25NO3. The zero-order valence-corrected chi connectivity index (χ0v) is 14.8. The van der Waals surface area contributed by atoms with Crippen molar-refractivity contribution in [1.82, 2.24) is 4.90 Å². The van der Waals surface area contributed by atoms with Crippen LogP contribution in [0.4, 0.5) is 0 Å². The summed E-state index contributed by atoms with van der Waals surface area (Å²) in [6.45, 7) is 3.08. The van der Waals surface area contributed by atoms with Gasteiger partial charge in [0.05, 0.1) is 5.57 Å². The van der Waals surface area contributed by atoms with Crippen molar-refractivity contribution in [3.63, 3.8) is 0 Å². The maximum Gasteiger partial charge on any atom is 0.335 e. The van der Waals surface area contributed by atoms with Crippen LogP contribution in [0.5, 0.6) is 0 Å². The van der Waals surface area contributed by atoms with Crippen LogP contribution in [0.3, 0.4) is 0 Å². The third kappa shape index (κ3) is 2.78. The third-order valence-corrected chi connectivity index (χ3v) is 5.97. The number of hydrogen-bond acceptors (Lipinski definition) is 3. The Balaban J connectivity index is 1.65. The Morgan fingerprint density at radius 3 is 2.48 bits per heavy atom. The Morgan fingerprint density at radius 1 is 1.08 bits per heavy atom. The number of amides is 1. The number of fused-ring (bicyclic) bond motifs is 1. The highest BCUT2D eigenvalue weighted by Gasteiger charge is 2.50. The van der Waals surface area contributed by atoms with E-state index in [0.29, 0.717) is 24.2 Å². The summed E-state index contributed by atoms with van der Waals surface area (Å²) in [4.78, 5) is 27.6. The number of nitrogens with zero attached hydrogens (tertiary/aromatic N) is 1. The van der Waals surface area contributed by atoms with Crippen LogP contribution in [-0.2, 0) is 27.3 Å². The SMILES string of the molecule is CC1=C(C(=O)N2CCc3ccccc3C2)C2(CCCCCC2)OC1=O. The molecule has 1 aliphatic carbocycles. The van der Waals surface area contributed by atoms with Gasteiger partial charge in [-0.2, -0.15) is 0 Å². The summed E-state index contributed by atoms with van der Waals surface area (Å²) in [6, 6.07) is 8.30. The smallest absolute Gasteiger partial charge is 0.335 e. The van der Waals surface area contributed by atoms with Crippen molar-refractivity contribution in [2.45, 2.75) is 64.0 Å². The molecule has 4 heteroatoms. The minimum atomic E-state index is -0.675. The van der Waals surface area contributed by atoms with E-state index in [4.69, 9.17) is 4.74 Å². The minimum absolute atomic E-state index is 0.000229. The Kier molecular flexibility index (Phi) is 4.14.